The molecule has 1 aliphatic heterocycles. The molecule has 5 nitrogen and oxygen atoms in total. The van der Waals surface area contributed by atoms with Crippen molar-refractivity contribution in [3.63, 3.8) is 0 Å². The number of amides is 1. The molecule has 0 aliphatic carbocycles. The van der Waals surface area contributed by atoms with Crippen LogP contribution >= 0.6 is 0 Å². The van der Waals surface area contributed by atoms with Gasteiger partial charge >= 0.3 is 0 Å². The fourth-order valence-corrected chi connectivity index (χ4v) is 1.93. The fourth-order valence-electron chi connectivity index (χ4n) is 1.93. The number of fused-ring (bicyclic) bond motifs is 1. The van der Waals surface area contributed by atoms with E-state index in [0.717, 1.165) is 17.0 Å². The van der Waals surface area contributed by atoms with Gasteiger partial charge in [0, 0.05) is 23.7 Å². The van der Waals surface area contributed by atoms with Crippen LogP contribution in [0.5, 0.6) is 11.5 Å². The molecule has 0 bridgehead atoms. The van der Waals surface area contributed by atoms with Crippen molar-refractivity contribution in [1.29, 1.82) is 0 Å². The van der Waals surface area contributed by atoms with Crippen LogP contribution in [0.15, 0.2) is 12.1 Å². The molecule has 3 N–H and O–H groups in total. The average Bonchev–Trinajstić information content (AvgIpc) is 2.27. The van der Waals surface area contributed by atoms with Gasteiger partial charge < -0.3 is 20.5 Å². The predicted octanol–water partition coefficient (Wildman–Crippen LogP) is 1.83. The zero-order valence-corrected chi connectivity index (χ0v) is 11.6. The molecule has 0 spiro atoms. The molecule has 1 aromatic rings. The van der Waals surface area contributed by atoms with Gasteiger partial charge in [-0.25, -0.2) is 0 Å². The van der Waals surface area contributed by atoms with Crippen LogP contribution in [0.1, 0.15) is 25.8 Å². The van der Waals surface area contributed by atoms with E-state index in [0.29, 0.717) is 19.0 Å². The van der Waals surface area contributed by atoms with Gasteiger partial charge in [-0.1, -0.05) is 0 Å². The Hall–Kier alpha value is -1.75. The number of aryl methyl sites for hydroxylation is 1. The van der Waals surface area contributed by atoms with Crippen LogP contribution in [0.4, 0.5) is 5.69 Å². The highest BCUT2D eigenvalue weighted by atomic mass is 16.6. The quantitative estimate of drug-likeness (QED) is 0.873. The van der Waals surface area contributed by atoms with Gasteiger partial charge in [0.1, 0.15) is 13.2 Å². The van der Waals surface area contributed by atoms with Gasteiger partial charge in [-0.05, 0) is 32.4 Å². The van der Waals surface area contributed by atoms with Crippen LogP contribution in [0, 0.1) is 6.92 Å². The van der Waals surface area contributed by atoms with Crippen molar-refractivity contribution in [2.75, 3.05) is 18.5 Å². The number of carbonyl (C=O) groups excluding carboxylic acids is 1. The maximum Gasteiger partial charge on any atom is 0.226 e. The second-order valence-corrected chi connectivity index (χ2v) is 5.52. The monoisotopic (exact) mass is 264 g/mol. The lowest BCUT2D eigenvalue weighted by Crippen LogP contribution is -2.36. The molecule has 19 heavy (non-hydrogen) atoms. The normalized spacial score (nSPS) is 14.1. The highest BCUT2D eigenvalue weighted by Gasteiger charge is 2.19. The Balaban J connectivity index is 2.14. The van der Waals surface area contributed by atoms with E-state index in [1.807, 2.05) is 26.8 Å². The number of nitrogens with one attached hydrogen (secondary N) is 1. The van der Waals surface area contributed by atoms with Crippen molar-refractivity contribution in [3.8, 4) is 11.5 Å². The van der Waals surface area contributed by atoms with E-state index >= 15 is 0 Å². The lowest BCUT2D eigenvalue weighted by atomic mass is 10.0. The first-order chi connectivity index (χ1) is 8.85. The van der Waals surface area contributed by atoms with Crippen molar-refractivity contribution >= 4 is 11.6 Å². The summed E-state index contributed by atoms with van der Waals surface area (Å²) in [5.41, 5.74) is 6.98. The standard InChI is InChI=1S/C14H20N2O3/c1-9-6-11-12(19-5-4-18-11)7-10(9)16-13(17)8-14(2,3)15/h6-7H,4-5,8,15H2,1-3H3,(H,16,17). The molecular formula is C14H20N2O3. The lowest BCUT2D eigenvalue weighted by molar-refractivity contribution is -0.117. The highest BCUT2D eigenvalue weighted by molar-refractivity contribution is 5.92. The van der Waals surface area contributed by atoms with Crippen LogP contribution in [0.2, 0.25) is 0 Å². The molecule has 0 unspecified atom stereocenters. The third-order valence-electron chi connectivity index (χ3n) is 2.78. The molecule has 0 aromatic heterocycles. The second-order valence-electron chi connectivity index (χ2n) is 5.52. The fraction of sp³-hybridized carbons (Fsp3) is 0.500. The molecule has 1 aromatic carbocycles. The minimum atomic E-state index is -0.522. The number of carbonyl (C=O) groups is 1. The van der Waals surface area contributed by atoms with Crippen LogP contribution in [-0.4, -0.2) is 24.7 Å². The predicted molar refractivity (Wildman–Crippen MR) is 73.7 cm³/mol. The molecule has 1 amide bonds. The third-order valence-corrected chi connectivity index (χ3v) is 2.78. The molecule has 5 heteroatoms. The van der Waals surface area contributed by atoms with E-state index < -0.39 is 5.54 Å². The Kier molecular flexibility index (Phi) is 3.66. The molecule has 2 rings (SSSR count). The maximum absolute atomic E-state index is 11.9. The summed E-state index contributed by atoms with van der Waals surface area (Å²) in [5.74, 6) is 1.28. The maximum atomic E-state index is 11.9. The van der Waals surface area contributed by atoms with E-state index in [2.05, 4.69) is 5.32 Å². The zero-order valence-electron chi connectivity index (χ0n) is 11.6. The van der Waals surface area contributed by atoms with E-state index in [1.54, 1.807) is 6.07 Å². The Bertz CT molecular complexity index is 492. The Morgan fingerprint density at radius 1 is 1.32 bits per heavy atom. The number of nitrogens with two attached hydrogens (primary N) is 1. The van der Waals surface area contributed by atoms with Gasteiger partial charge in [-0.15, -0.1) is 0 Å². The van der Waals surface area contributed by atoms with Gasteiger partial charge in [0.25, 0.3) is 0 Å². The second kappa shape index (κ2) is 5.09. The van der Waals surface area contributed by atoms with Crippen LogP contribution in [0.3, 0.4) is 0 Å². The van der Waals surface area contributed by atoms with E-state index in [-0.39, 0.29) is 12.3 Å². The molecule has 0 radical (unpaired) electrons. The molecule has 104 valence electrons. The first kappa shape index (κ1) is 13.7. The van der Waals surface area contributed by atoms with Crippen molar-refractivity contribution in [2.45, 2.75) is 32.7 Å². The van der Waals surface area contributed by atoms with Crippen LogP contribution in [0.25, 0.3) is 0 Å². The van der Waals surface area contributed by atoms with E-state index in [4.69, 9.17) is 15.2 Å². The summed E-state index contributed by atoms with van der Waals surface area (Å²) in [5, 5.41) is 2.86. The summed E-state index contributed by atoms with van der Waals surface area (Å²) in [4.78, 5) is 11.9. The first-order valence-electron chi connectivity index (χ1n) is 6.34. The Labute approximate surface area is 113 Å². The summed E-state index contributed by atoms with van der Waals surface area (Å²) in [6.07, 6.45) is 0.265. The van der Waals surface area contributed by atoms with Crippen molar-refractivity contribution in [1.82, 2.24) is 0 Å². The van der Waals surface area contributed by atoms with E-state index in [9.17, 15) is 4.79 Å². The SMILES string of the molecule is Cc1cc2c(cc1NC(=O)CC(C)(C)N)OCCO2. The Morgan fingerprint density at radius 2 is 1.89 bits per heavy atom. The summed E-state index contributed by atoms with van der Waals surface area (Å²) in [6.45, 7) is 6.65. The molecule has 0 saturated heterocycles. The number of rotatable bonds is 3. The van der Waals surface area contributed by atoms with Crippen molar-refractivity contribution in [2.24, 2.45) is 5.73 Å². The molecule has 0 fully saturated rings. The highest BCUT2D eigenvalue weighted by Crippen LogP contribution is 2.35. The first-order valence-corrected chi connectivity index (χ1v) is 6.34. The summed E-state index contributed by atoms with van der Waals surface area (Å²) in [7, 11) is 0. The van der Waals surface area contributed by atoms with Crippen LogP contribution < -0.4 is 20.5 Å². The molecule has 0 atom stereocenters. The zero-order chi connectivity index (χ0) is 14.0. The third kappa shape index (κ3) is 3.61. The van der Waals surface area contributed by atoms with Crippen molar-refractivity contribution in [3.05, 3.63) is 17.7 Å². The molecular weight excluding hydrogens is 244 g/mol. The number of hydrogen-bond acceptors (Lipinski definition) is 4. The summed E-state index contributed by atoms with van der Waals surface area (Å²) < 4.78 is 11.0. The minimum absolute atomic E-state index is 0.104. The van der Waals surface area contributed by atoms with Crippen molar-refractivity contribution < 1.29 is 14.3 Å². The number of ether oxygens (including phenoxy) is 2. The summed E-state index contributed by atoms with van der Waals surface area (Å²) >= 11 is 0. The van der Waals surface area contributed by atoms with E-state index in [1.165, 1.54) is 0 Å². The lowest BCUT2D eigenvalue weighted by Gasteiger charge is -2.21. The average molecular weight is 264 g/mol. The Morgan fingerprint density at radius 3 is 2.47 bits per heavy atom. The van der Waals surface area contributed by atoms with Gasteiger partial charge in [0.15, 0.2) is 11.5 Å². The minimum Gasteiger partial charge on any atom is -0.486 e. The van der Waals surface area contributed by atoms with Gasteiger partial charge in [0.05, 0.1) is 0 Å². The molecule has 1 heterocycles. The largest absolute Gasteiger partial charge is 0.486 e. The number of benzene rings is 1. The topological polar surface area (TPSA) is 73.6 Å². The smallest absolute Gasteiger partial charge is 0.226 e. The number of hydrogen-bond donors (Lipinski definition) is 2. The van der Waals surface area contributed by atoms with Crippen LogP contribution in [-0.2, 0) is 4.79 Å². The van der Waals surface area contributed by atoms with Gasteiger partial charge in [0.2, 0.25) is 5.91 Å². The molecule has 1 aliphatic rings. The van der Waals surface area contributed by atoms with Gasteiger partial charge in [-0.3, -0.25) is 4.79 Å². The summed E-state index contributed by atoms with van der Waals surface area (Å²) in [6, 6.07) is 3.67. The van der Waals surface area contributed by atoms with Gasteiger partial charge in [-0.2, -0.15) is 0 Å². The molecule has 0 saturated carbocycles. The number of anilines is 1.